The summed E-state index contributed by atoms with van der Waals surface area (Å²) in [6, 6.07) is 13.9. The molecule has 3 rings (SSSR count). The summed E-state index contributed by atoms with van der Waals surface area (Å²) in [5, 5.41) is 6.14. The summed E-state index contributed by atoms with van der Waals surface area (Å²) in [7, 11) is 0. The molecule has 0 bridgehead atoms. The highest BCUT2D eigenvalue weighted by molar-refractivity contribution is 5.74. The van der Waals surface area contributed by atoms with Crippen LogP contribution in [0.2, 0.25) is 0 Å². The van der Waals surface area contributed by atoms with Gasteiger partial charge < -0.3 is 15.5 Å². The van der Waals surface area contributed by atoms with E-state index in [9.17, 15) is 9.59 Å². The second kappa shape index (κ2) is 10.6. The Hall–Kier alpha value is -2.89. The molecule has 1 fully saturated rings. The first-order chi connectivity index (χ1) is 14.1. The van der Waals surface area contributed by atoms with Crippen molar-refractivity contribution in [2.75, 3.05) is 19.6 Å². The number of aromatic nitrogens is 1. The molecule has 6 nitrogen and oxygen atoms in total. The van der Waals surface area contributed by atoms with Crippen molar-refractivity contribution in [2.45, 2.75) is 38.6 Å². The summed E-state index contributed by atoms with van der Waals surface area (Å²) in [5.74, 6) is 0.419. The van der Waals surface area contributed by atoms with Gasteiger partial charge in [0.15, 0.2) is 0 Å². The van der Waals surface area contributed by atoms with E-state index in [0.717, 1.165) is 44.3 Å². The minimum absolute atomic E-state index is 0.0262. The van der Waals surface area contributed by atoms with E-state index in [1.807, 2.05) is 41.4 Å². The van der Waals surface area contributed by atoms with Crippen LogP contribution in [0.25, 0.3) is 0 Å². The molecule has 29 heavy (non-hydrogen) atoms. The van der Waals surface area contributed by atoms with Gasteiger partial charge in [0.05, 0.1) is 0 Å². The lowest BCUT2D eigenvalue weighted by molar-refractivity contribution is -0.130. The number of amides is 3. The molecule has 3 amide bonds. The molecule has 0 saturated carbocycles. The van der Waals surface area contributed by atoms with Crippen LogP contribution in [0, 0.1) is 5.92 Å². The molecule has 2 heterocycles. The number of likely N-dealkylation sites (tertiary alicyclic amines) is 1. The third kappa shape index (κ3) is 6.89. The van der Waals surface area contributed by atoms with Gasteiger partial charge in [-0.25, -0.2) is 4.79 Å². The van der Waals surface area contributed by atoms with E-state index in [4.69, 9.17) is 0 Å². The van der Waals surface area contributed by atoms with Crippen LogP contribution in [0.5, 0.6) is 0 Å². The molecule has 2 atom stereocenters. The fourth-order valence-corrected chi connectivity index (χ4v) is 3.87. The van der Waals surface area contributed by atoms with Crippen molar-refractivity contribution in [1.29, 1.82) is 0 Å². The second-order valence-corrected chi connectivity index (χ2v) is 7.78. The molecule has 1 aromatic heterocycles. The summed E-state index contributed by atoms with van der Waals surface area (Å²) < 4.78 is 0. The van der Waals surface area contributed by atoms with Crippen molar-refractivity contribution in [3.8, 4) is 0 Å². The highest BCUT2D eigenvalue weighted by Gasteiger charge is 2.22. The summed E-state index contributed by atoms with van der Waals surface area (Å²) in [6.45, 7) is 3.73. The van der Waals surface area contributed by atoms with Crippen molar-refractivity contribution >= 4 is 11.9 Å². The van der Waals surface area contributed by atoms with Crippen LogP contribution in [0.3, 0.4) is 0 Å². The van der Waals surface area contributed by atoms with Gasteiger partial charge in [0, 0.05) is 45.0 Å². The summed E-state index contributed by atoms with van der Waals surface area (Å²) in [5.41, 5.74) is 2.28. The summed E-state index contributed by atoms with van der Waals surface area (Å²) in [4.78, 5) is 30.2. The third-order valence-electron chi connectivity index (χ3n) is 5.38. The molecule has 2 unspecified atom stereocenters. The maximum Gasteiger partial charge on any atom is 0.315 e. The number of pyridine rings is 1. The van der Waals surface area contributed by atoms with E-state index in [1.165, 1.54) is 5.56 Å². The van der Waals surface area contributed by atoms with Crippen LogP contribution in [-0.2, 0) is 17.6 Å². The van der Waals surface area contributed by atoms with E-state index in [0.29, 0.717) is 12.5 Å². The fourth-order valence-electron chi connectivity index (χ4n) is 3.87. The largest absolute Gasteiger partial charge is 0.343 e. The quantitative estimate of drug-likeness (QED) is 0.758. The normalized spacial score (nSPS) is 17.4. The number of nitrogens with zero attached hydrogens (tertiary/aromatic N) is 2. The van der Waals surface area contributed by atoms with E-state index in [2.05, 4.69) is 27.8 Å². The van der Waals surface area contributed by atoms with E-state index < -0.39 is 0 Å². The standard InChI is InChI=1S/C23H30N4O2/c1-18(28)27-12-6-10-21(17-27)16-25-23(29)26-22(13-19-7-3-2-4-8-19)14-20-9-5-11-24-15-20/h2-5,7-9,11,15,21-22H,6,10,12-14,16-17H2,1H3,(H2,25,26,29). The van der Waals surface area contributed by atoms with Gasteiger partial charge in [0.1, 0.15) is 0 Å². The van der Waals surface area contributed by atoms with Gasteiger partial charge in [-0.05, 0) is 48.8 Å². The van der Waals surface area contributed by atoms with Gasteiger partial charge in [-0.15, -0.1) is 0 Å². The summed E-state index contributed by atoms with van der Waals surface area (Å²) in [6.07, 6.45) is 7.10. The number of urea groups is 1. The van der Waals surface area contributed by atoms with Crippen LogP contribution >= 0.6 is 0 Å². The SMILES string of the molecule is CC(=O)N1CCCC(CNC(=O)NC(Cc2ccccc2)Cc2cccnc2)C1. The smallest absolute Gasteiger partial charge is 0.315 e. The van der Waals surface area contributed by atoms with Crippen molar-refractivity contribution < 1.29 is 9.59 Å². The number of carbonyl (C=O) groups excluding carboxylic acids is 2. The number of hydrogen-bond donors (Lipinski definition) is 2. The monoisotopic (exact) mass is 394 g/mol. The molecular weight excluding hydrogens is 364 g/mol. The molecule has 1 saturated heterocycles. The average molecular weight is 395 g/mol. The Balaban J connectivity index is 1.54. The minimum Gasteiger partial charge on any atom is -0.343 e. The Labute approximate surface area is 172 Å². The van der Waals surface area contributed by atoms with Crippen molar-refractivity contribution in [2.24, 2.45) is 5.92 Å². The van der Waals surface area contributed by atoms with E-state index in [1.54, 1.807) is 13.1 Å². The van der Waals surface area contributed by atoms with Crippen LogP contribution in [0.15, 0.2) is 54.9 Å². The first-order valence-electron chi connectivity index (χ1n) is 10.3. The molecule has 1 aliphatic heterocycles. The lowest BCUT2D eigenvalue weighted by Gasteiger charge is -2.32. The van der Waals surface area contributed by atoms with Gasteiger partial charge in [0.25, 0.3) is 0 Å². The molecule has 1 aliphatic rings. The van der Waals surface area contributed by atoms with Crippen LogP contribution in [-0.4, -0.2) is 47.5 Å². The Bertz CT molecular complexity index is 740. The number of benzene rings is 1. The first-order valence-corrected chi connectivity index (χ1v) is 10.3. The molecule has 0 spiro atoms. The molecule has 1 aromatic carbocycles. The maximum absolute atomic E-state index is 12.6. The molecule has 0 radical (unpaired) electrons. The Kier molecular flexibility index (Phi) is 7.61. The Morgan fingerprint density at radius 1 is 1.14 bits per heavy atom. The van der Waals surface area contributed by atoms with Gasteiger partial charge in [-0.3, -0.25) is 9.78 Å². The number of hydrogen-bond acceptors (Lipinski definition) is 3. The van der Waals surface area contributed by atoms with Crippen molar-refractivity contribution in [3.05, 3.63) is 66.0 Å². The zero-order valence-electron chi connectivity index (χ0n) is 17.0. The zero-order chi connectivity index (χ0) is 20.5. The lowest BCUT2D eigenvalue weighted by atomic mass is 9.98. The van der Waals surface area contributed by atoms with Crippen molar-refractivity contribution in [3.63, 3.8) is 0 Å². The topological polar surface area (TPSA) is 74.3 Å². The molecule has 0 aliphatic carbocycles. The number of piperidine rings is 1. The van der Waals surface area contributed by atoms with E-state index in [-0.39, 0.29) is 18.0 Å². The molecule has 6 heteroatoms. The maximum atomic E-state index is 12.6. The van der Waals surface area contributed by atoms with Crippen LogP contribution in [0.4, 0.5) is 4.79 Å². The molecule has 2 N–H and O–H groups in total. The summed E-state index contributed by atoms with van der Waals surface area (Å²) >= 11 is 0. The average Bonchev–Trinajstić information content (AvgIpc) is 2.74. The number of carbonyl (C=O) groups is 2. The first kappa shape index (κ1) is 20.8. The zero-order valence-corrected chi connectivity index (χ0v) is 17.0. The highest BCUT2D eigenvalue weighted by atomic mass is 16.2. The van der Waals surface area contributed by atoms with Crippen LogP contribution < -0.4 is 10.6 Å². The number of rotatable bonds is 7. The van der Waals surface area contributed by atoms with Gasteiger partial charge >= 0.3 is 6.03 Å². The predicted molar refractivity (Wildman–Crippen MR) is 113 cm³/mol. The van der Waals surface area contributed by atoms with Gasteiger partial charge in [-0.1, -0.05) is 36.4 Å². The number of nitrogens with one attached hydrogen (secondary N) is 2. The Morgan fingerprint density at radius 3 is 2.62 bits per heavy atom. The highest BCUT2D eigenvalue weighted by Crippen LogP contribution is 2.15. The second-order valence-electron chi connectivity index (χ2n) is 7.78. The Morgan fingerprint density at radius 2 is 1.90 bits per heavy atom. The fraction of sp³-hybridized carbons (Fsp3) is 0.435. The minimum atomic E-state index is -0.158. The van der Waals surface area contributed by atoms with Gasteiger partial charge in [-0.2, -0.15) is 0 Å². The van der Waals surface area contributed by atoms with Gasteiger partial charge in [0.2, 0.25) is 5.91 Å². The predicted octanol–water partition coefficient (Wildman–Crippen LogP) is 2.79. The molecule has 2 aromatic rings. The third-order valence-corrected chi connectivity index (χ3v) is 5.38. The van der Waals surface area contributed by atoms with Crippen molar-refractivity contribution in [1.82, 2.24) is 20.5 Å². The molecular formula is C23H30N4O2. The lowest BCUT2D eigenvalue weighted by Crippen LogP contribution is -2.48. The van der Waals surface area contributed by atoms with E-state index >= 15 is 0 Å². The molecule has 154 valence electrons. The van der Waals surface area contributed by atoms with Crippen LogP contribution in [0.1, 0.15) is 30.9 Å².